The number of carbonyl (C=O) groups excluding carboxylic acids is 1. The molecule has 2 aromatic rings. The predicted molar refractivity (Wildman–Crippen MR) is 81.7 cm³/mol. The van der Waals surface area contributed by atoms with E-state index in [2.05, 4.69) is 10.4 Å². The van der Waals surface area contributed by atoms with Crippen LogP contribution >= 0.6 is 0 Å². The quantitative estimate of drug-likeness (QED) is 0.911. The summed E-state index contributed by atoms with van der Waals surface area (Å²) in [5.74, 6) is -0.864. The molecular weight excluding hydrogens is 282 g/mol. The second kappa shape index (κ2) is 5.29. The van der Waals surface area contributed by atoms with Crippen molar-refractivity contribution >= 4 is 17.7 Å². The molecule has 0 spiro atoms. The number of aryl methyl sites for hydroxylation is 2. The van der Waals surface area contributed by atoms with Crippen LogP contribution in [-0.2, 0) is 16.0 Å². The van der Waals surface area contributed by atoms with Crippen LogP contribution in [0.1, 0.15) is 30.6 Å². The van der Waals surface area contributed by atoms with Gasteiger partial charge in [0.05, 0.1) is 12.1 Å². The van der Waals surface area contributed by atoms with Gasteiger partial charge in [0.15, 0.2) is 6.04 Å². The van der Waals surface area contributed by atoms with Crippen LogP contribution in [0.4, 0.5) is 5.82 Å². The summed E-state index contributed by atoms with van der Waals surface area (Å²) in [5.41, 5.74) is 3.65. The number of carbonyl (C=O) groups is 2. The molecule has 1 aliphatic heterocycles. The zero-order valence-electron chi connectivity index (χ0n) is 12.5. The van der Waals surface area contributed by atoms with Gasteiger partial charge in [-0.25, -0.2) is 9.48 Å². The minimum atomic E-state index is -1.04. The Bertz CT molecular complexity index is 747. The highest BCUT2D eigenvalue weighted by molar-refractivity contribution is 5.99. The maximum atomic E-state index is 11.9. The van der Waals surface area contributed by atoms with Crippen LogP contribution in [0.25, 0.3) is 11.1 Å². The first-order chi connectivity index (χ1) is 10.5. The summed E-state index contributed by atoms with van der Waals surface area (Å²) in [7, 11) is 0. The second-order valence-corrected chi connectivity index (χ2v) is 5.44. The zero-order chi connectivity index (χ0) is 15.9. The minimum Gasteiger partial charge on any atom is -0.480 e. The number of benzene rings is 1. The van der Waals surface area contributed by atoms with E-state index >= 15 is 0 Å². The van der Waals surface area contributed by atoms with Crippen LogP contribution in [0.15, 0.2) is 24.3 Å². The first kappa shape index (κ1) is 14.3. The van der Waals surface area contributed by atoms with Crippen molar-refractivity contribution in [3.05, 3.63) is 35.5 Å². The van der Waals surface area contributed by atoms with E-state index in [9.17, 15) is 14.7 Å². The van der Waals surface area contributed by atoms with Crippen LogP contribution in [-0.4, -0.2) is 26.8 Å². The highest BCUT2D eigenvalue weighted by atomic mass is 16.4. The van der Waals surface area contributed by atoms with E-state index in [0.29, 0.717) is 12.2 Å². The molecule has 0 unspecified atom stereocenters. The van der Waals surface area contributed by atoms with Gasteiger partial charge in [-0.1, -0.05) is 36.8 Å². The first-order valence-electron chi connectivity index (χ1n) is 7.22. The van der Waals surface area contributed by atoms with Crippen LogP contribution in [0.3, 0.4) is 0 Å². The summed E-state index contributed by atoms with van der Waals surface area (Å²) in [6.07, 6.45) is 0.561. The Kier molecular flexibility index (Phi) is 3.44. The Morgan fingerprint density at radius 2 is 2.09 bits per heavy atom. The minimum absolute atomic E-state index is 0.0967. The second-order valence-electron chi connectivity index (χ2n) is 5.44. The number of hydrogen-bond acceptors (Lipinski definition) is 3. The van der Waals surface area contributed by atoms with Gasteiger partial charge in [-0.15, -0.1) is 0 Å². The third-order valence-corrected chi connectivity index (χ3v) is 3.87. The lowest BCUT2D eigenvalue weighted by molar-refractivity contribution is -0.143. The van der Waals surface area contributed by atoms with Crippen molar-refractivity contribution in [3.8, 4) is 11.1 Å². The lowest BCUT2D eigenvalue weighted by atomic mass is 10.0. The molecule has 2 heterocycles. The Morgan fingerprint density at radius 3 is 2.68 bits per heavy atom. The van der Waals surface area contributed by atoms with E-state index in [1.54, 1.807) is 0 Å². The highest BCUT2D eigenvalue weighted by Crippen LogP contribution is 2.37. The number of fused-ring (bicyclic) bond motifs is 1. The van der Waals surface area contributed by atoms with Crippen molar-refractivity contribution in [1.82, 2.24) is 9.78 Å². The smallest absolute Gasteiger partial charge is 0.329 e. The molecule has 22 heavy (non-hydrogen) atoms. The summed E-state index contributed by atoms with van der Waals surface area (Å²) >= 11 is 0. The molecular formula is C16H17N3O3. The summed E-state index contributed by atoms with van der Waals surface area (Å²) in [6.45, 7) is 3.96. The number of rotatable bonds is 3. The zero-order valence-corrected chi connectivity index (χ0v) is 12.5. The normalized spacial score (nSPS) is 17.0. The number of nitrogens with zero attached hydrogens (tertiary/aromatic N) is 2. The van der Waals surface area contributed by atoms with Gasteiger partial charge >= 0.3 is 5.97 Å². The lowest BCUT2D eigenvalue weighted by Gasteiger charge is -2.22. The number of nitrogens with one attached hydrogen (secondary N) is 1. The van der Waals surface area contributed by atoms with E-state index in [1.807, 2.05) is 38.1 Å². The molecule has 0 saturated carbocycles. The van der Waals surface area contributed by atoms with Crippen LogP contribution in [0.2, 0.25) is 0 Å². The van der Waals surface area contributed by atoms with Crippen molar-refractivity contribution in [2.45, 2.75) is 32.7 Å². The van der Waals surface area contributed by atoms with Gasteiger partial charge in [0, 0.05) is 5.56 Å². The van der Waals surface area contributed by atoms with Gasteiger partial charge in [-0.2, -0.15) is 5.10 Å². The number of carboxylic acids is 1. The molecule has 0 saturated heterocycles. The van der Waals surface area contributed by atoms with Crippen molar-refractivity contribution < 1.29 is 14.7 Å². The lowest BCUT2D eigenvalue weighted by Crippen LogP contribution is -2.32. The van der Waals surface area contributed by atoms with Gasteiger partial charge in [0.1, 0.15) is 5.82 Å². The summed E-state index contributed by atoms with van der Waals surface area (Å²) < 4.78 is 1.43. The summed E-state index contributed by atoms with van der Waals surface area (Å²) in [4.78, 5) is 23.3. The van der Waals surface area contributed by atoms with E-state index in [4.69, 9.17) is 0 Å². The van der Waals surface area contributed by atoms with Gasteiger partial charge < -0.3 is 10.4 Å². The third kappa shape index (κ3) is 2.26. The molecule has 0 radical (unpaired) electrons. The number of aromatic nitrogens is 2. The Balaban J connectivity index is 2.20. The molecule has 6 nitrogen and oxygen atoms in total. The Labute approximate surface area is 127 Å². The van der Waals surface area contributed by atoms with E-state index in [-0.39, 0.29) is 12.3 Å². The van der Waals surface area contributed by atoms with Gasteiger partial charge in [0.2, 0.25) is 5.91 Å². The topological polar surface area (TPSA) is 84.2 Å². The predicted octanol–water partition coefficient (Wildman–Crippen LogP) is 2.39. The summed E-state index contributed by atoms with van der Waals surface area (Å²) in [6, 6.07) is 6.94. The molecule has 3 rings (SSSR count). The van der Waals surface area contributed by atoms with Crippen molar-refractivity contribution in [2.24, 2.45) is 0 Å². The number of aliphatic carboxylic acids is 1. The molecule has 1 aliphatic rings. The number of anilines is 1. The SMILES string of the molecule is CCc1nn2c(c1-c1ccc(C)cc1)NC(=O)C[C@H]2C(=O)O. The highest BCUT2D eigenvalue weighted by Gasteiger charge is 2.34. The molecule has 6 heteroatoms. The monoisotopic (exact) mass is 299 g/mol. The molecule has 2 N–H and O–H groups in total. The fourth-order valence-electron chi connectivity index (χ4n) is 2.73. The maximum Gasteiger partial charge on any atom is 0.329 e. The van der Waals surface area contributed by atoms with Crippen molar-refractivity contribution in [3.63, 3.8) is 0 Å². The Morgan fingerprint density at radius 1 is 1.41 bits per heavy atom. The molecule has 1 aromatic carbocycles. The number of hydrogen-bond donors (Lipinski definition) is 2. The van der Waals surface area contributed by atoms with Gasteiger partial charge in [-0.05, 0) is 18.9 Å². The standard InChI is InChI=1S/C16H17N3O3/c1-3-11-14(10-6-4-9(2)5-7-10)15-17-13(20)8-12(16(21)22)19(15)18-11/h4-7,12H,3,8H2,1-2H3,(H,17,20)(H,21,22)/t12-/m0/s1. The molecule has 1 amide bonds. The Hall–Kier alpha value is -2.63. The van der Waals surface area contributed by atoms with Crippen LogP contribution < -0.4 is 5.32 Å². The van der Waals surface area contributed by atoms with Gasteiger partial charge in [-0.3, -0.25) is 4.79 Å². The summed E-state index contributed by atoms with van der Waals surface area (Å²) in [5, 5.41) is 16.5. The van der Waals surface area contributed by atoms with Crippen LogP contribution in [0.5, 0.6) is 0 Å². The van der Waals surface area contributed by atoms with Gasteiger partial charge in [0.25, 0.3) is 0 Å². The molecule has 1 aromatic heterocycles. The van der Waals surface area contributed by atoms with Crippen molar-refractivity contribution in [2.75, 3.05) is 5.32 Å². The first-order valence-corrected chi connectivity index (χ1v) is 7.22. The number of amides is 1. The fraction of sp³-hybridized carbons (Fsp3) is 0.312. The van der Waals surface area contributed by atoms with Crippen molar-refractivity contribution in [1.29, 1.82) is 0 Å². The molecule has 114 valence electrons. The average Bonchev–Trinajstić information content (AvgIpc) is 2.85. The van der Waals surface area contributed by atoms with Crippen LogP contribution in [0, 0.1) is 6.92 Å². The fourth-order valence-corrected chi connectivity index (χ4v) is 2.73. The molecule has 0 aliphatic carbocycles. The van der Waals surface area contributed by atoms with E-state index in [0.717, 1.165) is 22.4 Å². The average molecular weight is 299 g/mol. The molecule has 1 atom stereocenters. The molecule has 0 fully saturated rings. The number of carboxylic acid groups (broad SMARTS) is 1. The molecule has 0 bridgehead atoms. The van der Waals surface area contributed by atoms with E-state index in [1.165, 1.54) is 4.68 Å². The maximum absolute atomic E-state index is 11.9. The largest absolute Gasteiger partial charge is 0.480 e. The third-order valence-electron chi connectivity index (χ3n) is 3.87. The van der Waals surface area contributed by atoms with E-state index < -0.39 is 12.0 Å².